The molecule has 2 nitrogen and oxygen atoms in total. The fourth-order valence-corrected chi connectivity index (χ4v) is 3.09. The number of nitrogens with one attached hydrogen (secondary N) is 1. The summed E-state index contributed by atoms with van der Waals surface area (Å²) in [7, 11) is 0. The fraction of sp³-hybridized carbons (Fsp3) is 0.500. The van der Waals surface area contributed by atoms with E-state index in [1.165, 1.54) is 24.2 Å². The maximum Gasteiger partial charge on any atom is 0.176 e. The molecule has 0 spiro atoms. The van der Waals surface area contributed by atoms with Gasteiger partial charge in [0.05, 0.1) is 12.0 Å². The Kier molecular flexibility index (Phi) is 1.37. The van der Waals surface area contributed by atoms with Crippen LogP contribution in [0, 0.1) is 0 Å². The average Bonchev–Trinajstić information content (AvgIpc) is 2.54. The van der Waals surface area contributed by atoms with Gasteiger partial charge in [0, 0.05) is 19.0 Å². The molecule has 74 valence electrons. The predicted octanol–water partition coefficient (Wildman–Crippen LogP) is 1.05. The Bertz CT molecular complexity index is 388. The second kappa shape index (κ2) is 2.31. The second-order valence-electron chi connectivity index (χ2n) is 4.95. The summed E-state index contributed by atoms with van der Waals surface area (Å²) in [6.45, 7) is 5.93. The van der Waals surface area contributed by atoms with Crippen LogP contribution in [-0.2, 0) is 5.41 Å². The summed E-state index contributed by atoms with van der Waals surface area (Å²) in [4.78, 5) is 0. The minimum Gasteiger partial charge on any atom is -0.333 e. The van der Waals surface area contributed by atoms with Crippen LogP contribution >= 0.6 is 0 Å². The molecule has 3 rings (SSSR count). The monoisotopic (exact) mass is 189 g/mol. The first-order valence-electron chi connectivity index (χ1n) is 5.38. The Labute approximate surface area is 84.7 Å². The number of benzene rings is 1. The van der Waals surface area contributed by atoms with Gasteiger partial charge in [-0.2, -0.15) is 0 Å². The molecule has 2 aliphatic heterocycles. The molecule has 2 unspecified atom stereocenters. The van der Waals surface area contributed by atoms with Crippen molar-refractivity contribution in [3.8, 4) is 0 Å². The topological polar surface area (TPSA) is 28.6 Å². The number of anilines is 1. The van der Waals surface area contributed by atoms with Gasteiger partial charge in [-0.25, -0.2) is 0 Å². The minimum absolute atomic E-state index is 0.177. The van der Waals surface area contributed by atoms with Gasteiger partial charge in [0.15, 0.2) is 5.66 Å². The molecule has 0 bridgehead atoms. The fourth-order valence-electron chi connectivity index (χ4n) is 3.09. The zero-order valence-corrected chi connectivity index (χ0v) is 8.80. The lowest BCUT2D eigenvalue weighted by Gasteiger charge is -2.30. The normalized spacial score (nSPS) is 39.0. The van der Waals surface area contributed by atoms with Gasteiger partial charge in [-0.3, -0.25) is 0 Å². The van der Waals surface area contributed by atoms with Crippen LogP contribution in [0.5, 0.6) is 0 Å². The highest BCUT2D eigenvalue weighted by molar-refractivity contribution is 5.63. The van der Waals surface area contributed by atoms with Crippen LogP contribution in [0.25, 0.3) is 0 Å². The van der Waals surface area contributed by atoms with Crippen molar-refractivity contribution in [1.82, 2.24) is 0 Å². The second-order valence-corrected chi connectivity index (χ2v) is 4.95. The molecule has 1 saturated heterocycles. The number of fused-ring (bicyclic) bond motifs is 3. The average molecular weight is 189 g/mol. The van der Waals surface area contributed by atoms with Gasteiger partial charge in [-0.1, -0.05) is 18.2 Å². The third-order valence-corrected chi connectivity index (χ3v) is 4.26. The number of nitrogens with two attached hydrogens (primary N) is 1. The zero-order valence-electron chi connectivity index (χ0n) is 8.80. The summed E-state index contributed by atoms with van der Waals surface area (Å²) in [6.07, 6.45) is 1.27. The molecular weight excluding hydrogens is 172 g/mol. The van der Waals surface area contributed by atoms with Crippen molar-refractivity contribution >= 4 is 5.69 Å². The maximum absolute atomic E-state index is 3.66. The van der Waals surface area contributed by atoms with Gasteiger partial charge in [-0.05, 0) is 18.6 Å². The lowest BCUT2D eigenvalue weighted by molar-refractivity contribution is -0.701. The van der Waals surface area contributed by atoms with Gasteiger partial charge in [0.25, 0.3) is 0 Å². The van der Waals surface area contributed by atoms with E-state index < -0.39 is 0 Å². The highest BCUT2D eigenvalue weighted by Gasteiger charge is 2.58. The van der Waals surface area contributed by atoms with Gasteiger partial charge >= 0.3 is 0 Å². The van der Waals surface area contributed by atoms with Crippen molar-refractivity contribution in [3.63, 3.8) is 0 Å². The first-order valence-corrected chi connectivity index (χ1v) is 5.38. The lowest BCUT2D eigenvalue weighted by Crippen LogP contribution is -2.96. The van der Waals surface area contributed by atoms with Crippen molar-refractivity contribution in [2.24, 2.45) is 0 Å². The minimum atomic E-state index is 0.177. The number of hydrogen-bond donors (Lipinski definition) is 2. The SMILES string of the molecule is CC12Nc3ccccc3C1(C)CC[NH2+]2. The number of hydrogen-bond acceptors (Lipinski definition) is 1. The van der Waals surface area contributed by atoms with Crippen LogP contribution in [0.2, 0.25) is 0 Å². The van der Waals surface area contributed by atoms with Crippen LogP contribution in [0.3, 0.4) is 0 Å². The molecule has 0 amide bonds. The summed E-state index contributed by atoms with van der Waals surface area (Å²) in [5.74, 6) is 0. The molecule has 2 aliphatic rings. The Morgan fingerprint density at radius 3 is 2.93 bits per heavy atom. The molecule has 1 fully saturated rings. The Hall–Kier alpha value is -1.02. The third-order valence-electron chi connectivity index (χ3n) is 4.26. The van der Waals surface area contributed by atoms with E-state index in [1.54, 1.807) is 0 Å². The quantitative estimate of drug-likeness (QED) is 0.627. The largest absolute Gasteiger partial charge is 0.333 e. The number of quaternary nitrogens is 1. The predicted molar refractivity (Wildman–Crippen MR) is 57.2 cm³/mol. The molecule has 2 heteroatoms. The summed E-state index contributed by atoms with van der Waals surface area (Å²) in [5.41, 5.74) is 3.31. The molecule has 1 aromatic carbocycles. The van der Waals surface area contributed by atoms with E-state index in [1.807, 2.05) is 0 Å². The molecule has 2 atom stereocenters. The van der Waals surface area contributed by atoms with Crippen molar-refractivity contribution in [3.05, 3.63) is 29.8 Å². The Balaban J connectivity index is 2.22. The third kappa shape index (κ3) is 0.758. The van der Waals surface area contributed by atoms with Crippen LogP contribution in [-0.4, -0.2) is 12.2 Å². The van der Waals surface area contributed by atoms with Gasteiger partial charge in [0.1, 0.15) is 0 Å². The molecule has 0 aliphatic carbocycles. The van der Waals surface area contributed by atoms with E-state index in [0.29, 0.717) is 5.41 Å². The van der Waals surface area contributed by atoms with Crippen LogP contribution in [0.4, 0.5) is 5.69 Å². The molecule has 3 N–H and O–H groups in total. The number of para-hydroxylation sites is 1. The highest BCUT2D eigenvalue weighted by Crippen LogP contribution is 2.47. The molecule has 2 heterocycles. The van der Waals surface area contributed by atoms with Crippen molar-refractivity contribution in [1.29, 1.82) is 0 Å². The molecule has 1 aromatic rings. The molecule has 0 saturated carbocycles. The molecule has 14 heavy (non-hydrogen) atoms. The van der Waals surface area contributed by atoms with E-state index in [-0.39, 0.29) is 5.66 Å². The molecule has 0 radical (unpaired) electrons. The summed E-state index contributed by atoms with van der Waals surface area (Å²) >= 11 is 0. The standard InChI is InChI=1S/C12H16N2/c1-11-7-8-13-12(11,2)14-10-6-4-3-5-9(10)11/h3-6,13-14H,7-8H2,1-2H3/p+1. The number of rotatable bonds is 0. The van der Waals surface area contributed by atoms with Crippen LogP contribution < -0.4 is 10.6 Å². The van der Waals surface area contributed by atoms with E-state index in [2.05, 4.69) is 48.7 Å². The first kappa shape index (κ1) is 8.30. The van der Waals surface area contributed by atoms with Gasteiger partial charge in [-0.15, -0.1) is 0 Å². The Morgan fingerprint density at radius 2 is 2.07 bits per heavy atom. The van der Waals surface area contributed by atoms with Crippen LogP contribution in [0.1, 0.15) is 25.8 Å². The summed E-state index contributed by atoms with van der Waals surface area (Å²) in [5, 5.41) is 6.10. The van der Waals surface area contributed by atoms with E-state index in [9.17, 15) is 0 Å². The van der Waals surface area contributed by atoms with Gasteiger partial charge < -0.3 is 10.6 Å². The van der Waals surface area contributed by atoms with Gasteiger partial charge in [0.2, 0.25) is 0 Å². The highest BCUT2D eigenvalue weighted by atomic mass is 15.3. The van der Waals surface area contributed by atoms with Crippen LogP contribution in [0.15, 0.2) is 24.3 Å². The van der Waals surface area contributed by atoms with E-state index >= 15 is 0 Å². The van der Waals surface area contributed by atoms with Crippen molar-refractivity contribution in [2.45, 2.75) is 31.3 Å². The maximum atomic E-state index is 3.66. The first-order chi connectivity index (χ1) is 6.66. The lowest BCUT2D eigenvalue weighted by atomic mass is 9.75. The molecular formula is C12H17N2+. The van der Waals surface area contributed by atoms with E-state index in [0.717, 1.165) is 0 Å². The van der Waals surface area contributed by atoms with Crippen molar-refractivity contribution < 1.29 is 5.32 Å². The zero-order chi connectivity index (χ0) is 9.81. The molecule has 0 aromatic heterocycles. The van der Waals surface area contributed by atoms with E-state index in [4.69, 9.17) is 0 Å². The van der Waals surface area contributed by atoms with Crippen molar-refractivity contribution in [2.75, 3.05) is 11.9 Å². The summed E-state index contributed by atoms with van der Waals surface area (Å²) in [6, 6.07) is 8.72. The smallest absolute Gasteiger partial charge is 0.176 e. The summed E-state index contributed by atoms with van der Waals surface area (Å²) < 4.78 is 0. The Morgan fingerprint density at radius 1 is 1.29 bits per heavy atom.